The number of amides is 1. The number of carbonyl (C=O) groups excluding carboxylic acids is 1. The van der Waals surface area contributed by atoms with Gasteiger partial charge in [0.25, 0.3) is 0 Å². The van der Waals surface area contributed by atoms with Crippen LogP contribution in [0.5, 0.6) is 0 Å². The molecule has 0 saturated carbocycles. The van der Waals surface area contributed by atoms with E-state index in [1.807, 2.05) is 51.1 Å². The van der Waals surface area contributed by atoms with E-state index < -0.39 is 0 Å². The summed E-state index contributed by atoms with van der Waals surface area (Å²) in [6, 6.07) is 9.69. The summed E-state index contributed by atoms with van der Waals surface area (Å²) in [5, 5.41) is 7.12. The molecule has 0 aliphatic carbocycles. The van der Waals surface area contributed by atoms with Crippen LogP contribution >= 0.6 is 0 Å². The molecule has 1 N–H and O–H groups in total. The van der Waals surface area contributed by atoms with Gasteiger partial charge in [0.2, 0.25) is 5.91 Å². The summed E-state index contributed by atoms with van der Waals surface area (Å²) >= 11 is 0. The second-order valence-electron chi connectivity index (χ2n) is 4.50. The highest BCUT2D eigenvalue weighted by Crippen LogP contribution is 2.09. The molecule has 0 aliphatic rings. The molecule has 1 aromatic carbocycles. The van der Waals surface area contributed by atoms with Crippen LogP contribution in [0.2, 0.25) is 0 Å². The van der Waals surface area contributed by atoms with Gasteiger partial charge < -0.3 is 5.32 Å². The summed E-state index contributed by atoms with van der Waals surface area (Å²) in [5.41, 5.74) is 3.90. The molecule has 0 radical (unpaired) electrons. The van der Waals surface area contributed by atoms with Gasteiger partial charge in [0.1, 0.15) is 6.54 Å². The number of hydrogen-bond acceptors (Lipinski definition) is 2. The van der Waals surface area contributed by atoms with Gasteiger partial charge in [-0.2, -0.15) is 5.10 Å². The average Bonchev–Trinajstić information content (AvgIpc) is 2.61. The van der Waals surface area contributed by atoms with E-state index in [1.165, 1.54) is 5.56 Å². The number of nitrogens with one attached hydrogen (secondary N) is 1. The fourth-order valence-corrected chi connectivity index (χ4v) is 1.81. The first-order valence-electron chi connectivity index (χ1n) is 5.92. The van der Waals surface area contributed by atoms with Crippen molar-refractivity contribution >= 4 is 11.6 Å². The van der Waals surface area contributed by atoms with Crippen molar-refractivity contribution in [3.63, 3.8) is 0 Å². The number of carbonyl (C=O) groups is 1. The van der Waals surface area contributed by atoms with Crippen LogP contribution in [0.25, 0.3) is 0 Å². The molecule has 4 nitrogen and oxygen atoms in total. The minimum Gasteiger partial charge on any atom is -0.324 e. The molecule has 0 spiro atoms. The van der Waals surface area contributed by atoms with Crippen LogP contribution in [0.1, 0.15) is 17.0 Å². The molecule has 2 aromatic rings. The summed E-state index contributed by atoms with van der Waals surface area (Å²) in [6.07, 6.45) is 0. The van der Waals surface area contributed by atoms with Gasteiger partial charge in [0.15, 0.2) is 0 Å². The van der Waals surface area contributed by atoms with E-state index in [0.717, 1.165) is 17.1 Å². The van der Waals surface area contributed by atoms with Crippen molar-refractivity contribution in [1.29, 1.82) is 0 Å². The SMILES string of the molecule is Cc1ccc(NC(=O)Cn2nc(C)cc2C)cc1. The fourth-order valence-electron chi connectivity index (χ4n) is 1.81. The maximum absolute atomic E-state index is 11.9. The molecule has 0 unspecified atom stereocenters. The molecule has 0 aliphatic heterocycles. The number of benzene rings is 1. The van der Waals surface area contributed by atoms with Crippen LogP contribution in [0.15, 0.2) is 30.3 Å². The Balaban J connectivity index is 2.01. The average molecular weight is 243 g/mol. The number of hydrogen-bond donors (Lipinski definition) is 1. The third-order valence-electron chi connectivity index (χ3n) is 2.73. The van der Waals surface area contributed by atoms with Gasteiger partial charge in [0.05, 0.1) is 5.69 Å². The topological polar surface area (TPSA) is 46.9 Å². The molecule has 0 atom stereocenters. The van der Waals surface area contributed by atoms with Gasteiger partial charge in [-0.05, 0) is 39.0 Å². The zero-order valence-corrected chi connectivity index (χ0v) is 10.9. The highest BCUT2D eigenvalue weighted by Gasteiger charge is 2.07. The van der Waals surface area contributed by atoms with Crippen LogP contribution in [-0.2, 0) is 11.3 Å². The van der Waals surface area contributed by atoms with Crippen molar-refractivity contribution in [3.05, 3.63) is 47.3 Å². The van der Waals surface area contributed by atoms with Crippen LogP contribution < -0.4 is 5.32 Å². The van der Waals surface area contributed by atoms with Gasteiger partial charge in [-0.3, -0.25) is 9.48 Å². The molecule has 1 aromatic heterocycles. The van der Waals surface area contributed by atoms with Crippen LogP contribution in [0.3, 0.4) is 0 Å². The lowest BCUT2D eigenvalue weighted by Gasteiger charge is -2.07. The van der Waals surface area contributed by atoms with Gasteiger partial charge in [-0.1, -0.05) is 17.7 Å². The van der Waals surface area contributed by atoms with Crippen molar-refractivity contribution < 1.29 is 4.79 Å². The third-order valence-corrected chi connectivity index (χ3v) is 2.73. The predicted molar refractivity (Wildman–Crippen MR) is 71.5 cm³/mol. The molecule has 0 saturated heterocycles. The number of aromatic nitrogens is 2. The lowest BCUT2D eigenvalue weighted by Crippen LogP contribution is -2.20. The molecule has 94 valence electrons. The van der Waals surface area contributed by atoms with Crippen molar-refractivity contribution in [3.8, 4) is 0 Å². The van der Waals surface area contributed by atoms with Gasteiger partial charge >= 0.3 is 0 Å². The zero-order valence-electron chi connectivity index (χ0n) is 10.9. The van der Waals surface area contributed by atoms with E-state index in [-0.39, 0.29) is 12.5 Å². The van der Waals surface area contributed by atoms with E-state index >= 15 is 0 Å². The lowest BCUT2D eigenvalue weighted by molar-refractivity contribution is -0.116. The normalized spacial score (nSPS) is 10.4. The molecular formula is C14H17N3O. The summed E-state index contributed by atoms with van der Waals surface area (Å²) in [7, 11) is 0. The van der Waals surface area contributed by atoms with Crippen molar-refractivity contribution in [2.24, 2.45) is 0 Å². The second-order valence-corrected chi connectivity index (χ2v) is 4.50. The first-order valence-corrected chi connectivity index (χ1v) is 5.92. The first kappa shape index (κ1) is 12.4. The number of aryl methyl sites for hydroxylation is 3. The maximum atomic E-state index is 11.9. The zero-order chi connectivity index (χ0) is 13.1. The minimum absolute atomic E-state index is 0.0648. The fraction of sp³-hybridized carbons (Fsp3) is 0.286. The third kappa shape index (κ3) is 2.97. The van der Waals surface area contributed by atoms with Crippen LogP contribution in [0.4, 0.5) is 5.69 Å². The summed E-state index contributed by atoms with van der Waals surface area (Å²) in [4.78, 5) is 11.9. The molecular weight excluding hydrogens is 226 g/mol. The quantitative estimate of drug-likeness (QED) is 0.900. The van der Waals surface area contributed by atoms with Crippen LogP contribution in [0, 0.1) is 20.8 Å². The molecule has 1 amide bonds. The number of anilines is 1. The van der Waals surface area contributed by atoms with Crippen molar-refractivity contribution in [2.75, 3.05) is 5.32 Å². The molecule has 1 heterocycles. The van der Waals surface area contributed by atoms with Gasteiger partial charge in [-0.15, -0.1) is 0 Å². The maximum Gasteiger partial charge on any atom is 0.246 e. The van der Waals surface area contributed by atoms with Crippen molar-refractivity contribution in [2.45, 2.75) is 27.3 Å². The predicted octanol–water partition coefficient (Wildman–Crippen LogP) is 2.45. The summed E-state index contributed by atoms with van der Waals surface area (Å²) < 4.78 is 1.71. The van der Waals surface area contributed by atoms with Crippen LogP contribution in [-0.4, -0.2) is 15.7 Å². The Labute approximate surface area is 107 Å². The molecule has 0 fully saturated rings. The molecule has 0 bridgehead atoms. The van der Waals surface area contributed by atoms with E-state index in [9.17, 15) is 4.79 Å². The Kier molecular flexibility index (Phi) is 3.46. The van der Waals surface area contributed by atoms with Gasteiger partial charge in [0, 0.05) is 11.4 Å². The molecule has 4 heteroatoms. The standard InChI is InChI=1S/C14H17N3O/c1-10-4-6-13(7-5-10)15-14(18)9-17-12(3)8-11(2)16-17/h4-8H,9H2,1-3H3,(H,15,18). The first-order chi connectivity index (χ1) is 8.54. The Hall–Kier alpha value is -2.10. The van der Waals surface area contributed by atoms with E-state index in [1.54, 1.807) is 4.68 Å². The minimum atomic E-state index is -0.0648. The molecule has 18 heavy (non-hydrogen) atoms. The van der Waals surface area contributed by atoms with Crippen molar-refractivity contribution in [1.82, 2.24) is 9.78 Å². The number of rotatable bonds is 3. The number of nitrogens with zero attached hydrogens (tertiary/aromatic N) is 2. The largest absolute Gasteiger partial charge is 0.324 e. The Morgan fingerprint density at radius 1 is 1.22 bits per heavy atom. The van der Waals surface area contributed by atoms with E-state index in [0.29, 0.717) is 0 Å². The highest BCUT2D eigenvalue weighted by atomic mass is 16.2. The summed E-state index contributed by atoms with van der Waals surface area (Å²) in [6.45, 7) is 6.12. The summed E-state index contributed by atoms with van der Waals surface area (Å²) in [5.74, 6) is -0.0648. The second kappa shape index (κ2) is 5.04. The highest BCUT2D eigenvalue weighted by molar-refractivity contribution is 5.90. The Morgan fingerprint density at radius 2 is 1.89 bits per heavy atom. The monoisotopic (exact) mass is 243 g/mol. The van der Waals surface area contributed by atoms with E-state index in [2.05, 4.69) is 10.4 Å². The van der Waals surface area contributed by atoms with Gasteiger partial charge in [-0.25, -0.2) is 0 Å². The smallest absolute Gasteiger partial charge is 0.246 e. The lowest BCUT2D eigenvalue weighted by atomic mass is 10.2. The Morgan fingerprint density at radius 3 is 2.44 bits per heavy atom. The van der Waals surface area contributed by atoms with E-state index in [4.69, 9.17) is 0 Å². The molecule has 2 rings (SSSR count). The Bertz CT molecular complexity index is 555.